The van der Waals surface area contributed by atoms with E-state index in [1.165, 1.54) is 36.4 Å². The Bertz CT molecular complexity index is 1990. The summed E-state index contributed by atoms with van der Waals surface area (Å²) in [6.07, 6.45) is -7.46. The van der Waals surface area contributed by atoms with Crippen LogP contribution in [0.5, 0.6) is 5.75 Å². The Morgan fingerprint density at radius 2 is 0.925 bits per heavy atom. The Balaban J connectivity index is 1.41. The number of nitrogens with zero attached hydrogens (tertiary/aromatic N) is 1. The van der Waals surface area contributed by atoms with Crippen molar-refractivity contribution >= 4 is 23.9 Å². The van der Waals surface area contributed by atoms with Gasteiger partial charge in [-0.3, -0.25) is 0 Å². The lowest BCUT2D eigenvalue weighted by atomic mass is 9.97. The van der Waals surface area contributed by atoms with Crippen molar-refractivity contribution in [3.05, 3.63) is 178 Å². The largest absolute Gasteiger partial charge is 0.461 e. The van der Waals surface area contributed by atoms with Crippen LogP contribution in [0.1, 0.15) is 47.0 Å². The predicted octanol–water partition coefficient (Wildman–Crippen LogP) is 6.59. The van der Waals surface area contributed by atoms with E-state index in [4.69, 9.17) is 28.4 Å². The number of hydrogen-bond acceptors (Lipinski definition) is 12. The van der Waals surface area contributed by atoms with Crippen LogP contribution in [0.3, 0.4) is 0 Å². The van der Waals surface area contributed by atoms with Crippen LogP contribution in [0.25, 0.3) is 0 Å². The molecule has 0 radical (unpaired) electrons. The minimum absolute atomic E-state index is 0.0711. The van der Waals surface area contributed by atoms with E-state index in [9.17, 15) is 24.1 Å². The molecule has 0 amide bonds. The number of esters is 4. The first-order valence-electron chi connectivity index (χ1n) is 16.6. The van der Waals surface area contributed by atoms with Gasteiger partial charge in [-0.15, -0.1) is 0 Å². The normalized spacial score (nSPS) is 19.2. The highest BCUT2D eigenvalue weighted by Gasteiger charge is 2.54. The van der Waals surface area contributed by atoms with Gasteiger partial charge in [0.25, 0.3) is 0 Å². The van der Waals surface area contributed by atoms with Gasteiger partial charge >= 0.3 is 23.9 Å². The maximum atomic E-state index is 13.7. The minimum Gasteiger partial charge on any atom is -0.461 e. The van der Waals surface area contributed by atoms with Gasteiger partial charge in [0.1, 0.15) is 25.0 Å². The second-order valence-electron chi connectivity index (χ2n) is 11.8. The monoisotopic (exact) mass is 715 g/mol. The molecule has 0 bridgehead atoms. The van der Waals surface area contributed by atoms with E-state index >= 15 is 0 Å². The highest BCUT2D eigenvalue weighted by molar-refractivity contribution is 5.91. The molecule has 268 valence electrons. The summed E-state index contributed by atoms with van der Waals surface area (Å²) in [7, 11) is 0. The first kappa shape index (κ1) is 36.1. The molecule has 5 aromatic carbocycles. The van der Waals surface area contributed by atoms with Gasteiger partial charge in [-0.2, -0.15) is 4.91 Å². The van der Waals surface area contributed by atoms with Gasteiger partial charge in [0.05, 0.1) is 22.3 Å². The molecular formula is C41H33NO11. The number of ether oxygens (including phenoxy) is 6. The molecule has 0 aliphatic carbocycles. The van der Waals surface area contributed by atoms with Crippen LogP contribution in [0.15, 0.2) is 151 Å². The van der Waals surface area contributed by atoms with Gasteiger partial charge in [0, 0.05) is 0 Å². The summed E-state index contributed by atoms with van der Waals surface area (Å²) in [5, 5.41) is 2.90. The number of rotatable bonds is 13. The standard InChI is InChI=1S/C41H33NO11/c43-37(28-13-5-1-6-14-28)48-26-33-34(51-38(44)29-15-7-2-8-16-29)35(52-39(45)30-17-9-3-10-18-30)36(53-40(46)31-19-11-4-12-20-31)41(50-33)49-32-23-21-27(22-24-32)25-42-47/h1-24,33-36,41H,25-26H2/t33-,34-,35-,36-,41-/m1/s1. The van der Waals surface area contributed by atoms with Gasteiger partial charge < -0.3 is 28.4 Å². The summed E-state index contributed by atoms with van der Waals surface area (Å²) < 4.78 is 36.3. The molecule has 5 aromatic rings. The highest BCUT2D eigenvalue weighted by atomic mass is 16.7. The lowest BCUT2D eigenvalue weighted by molar-refractivity contribution is -0.275. The zero-order valence-corrected chi connectivity index (χ0v) is 28.1. The van der Waals surface area contributed by atoms with Crippen LogP contribution in [0.2, 0.25) is 0 Å². The molecule has 1 aliphatic heterocycles. The maximum Gasteiger partial charge on any atom is 0.338 e. The number of hydrogen-bond donors (Lipinski definition) is 0. The molecule has 1 saturated heterocycles. The average Bonchev–Trinajstić information content (AvgIpc) is 3.21. The topological polar surface area (TPSA) is 153 Å². The van der Waals surface area contributed by atoms with Crippen molar-refractivity contribution in [3.8, 4) is 5.75 Å². The van der Waals surface area contributed by atoms with Crippen LogP contribution in [-0.4, -0.2) is 61.2 Å². The van der Waals surface area contributed by atoms with Crippen molar-refractivity contribution in [2.75, 3.05) is 6.61 Å². The lowest BCUT2D eigenvalue weighted by Crippen LogP contribution is -2.63. The van der Waals surface area contributed by atoms with E-state index < -0.39 is 61.2 Å². The summed E-state index contributed by atoms with van der Waals surface area (Å²) in [6.45, 7) is -0.568. The fourth-order valence-electron chi connectivity index (χ4n) is 5.50. The number of nitroso groups, excluding NO2 is 1. The van der Waals surface area contributed by atoms with Crippen molar-refractivity contribution in [2.45, 2.75) is 37.3 Å². The Labute approximate surface area is 304 Å². The Hall–Kier alpha value is -6.66. The van der Waals surface area contributed by atoms with E-state index in [-0.39, 0.29) is 34.5 Å². The van der Waals surface area contributed by atoms with Crippen LogP contribution in [0, 0.1) is 4.91 Å². The molecule has 5 atom stereocenters. The summed E-state index contributed by atoms with van der Waals surface area (Å²) in [5.74, 6) is -2.94. The molecule has 0 unspecified atom stereocenters. The van der Waals surface area contributed by atoms with Crippen molar-refractivity contribution in [3.63, 3.8) is 0 Å². The van der Waals surface area contributed by atoms with Gasteiger partial charge in [-0.05, 0) is 66.2 Å². The van der Waals surface area contributed by atoms with Gasteiger partial charge in [0.15, 0.2) is 12.2 Å². The first-order chi connectivity index (χ1) is 25.9. The number of carbonyl (C=O) groups is 4. The lowest BCUT2D eigenvalue weighted by Gasteiger charge is -2.44. The number of carbonyl (C=O) groups excluding carboxylic acids is 4. The fourth-order valence-corrected chi connectivity index (χ4v) is 5.50. The van der Waals surface area contributed by atoms with Crippen LogP contribution >= 0.6 is 0 Å². The predicted molar refractivity (Wildman–Crippen MR) is 189 cm³/mol. The third kappa shape index (κ3) is 9.37. The molecule has 0 saturated carbocycles. The summed E-state index contributed by atoms with van der Waals surface area (Å²) in [5.41, 5.74) is 1.35. The van der Waals surface area contributed by atoms with Crippen LogP contribution < -0.4 is 4.74 Å². The van der Waals surface area contributed by atoms with E-state index in [0.29, 0.717) is 5.56 Å². The zero-order chi connectivity index (χ0) is 37.0. The highest BCUT2D eigenvalue weighted by Crippen LogP contribution is 2.33. The van der Waals surface area contributed by atoms with E-state index in [0.717, 1.165) is 0 Å². The molecule has 1 fully saturated rings. The third-order valence-electron chi connectivity index (χ3n) is 8.16. The molecule has 0 aromatic heterocycles. The maximum absolute atomic E-state index is 13.7. The van der Waals surface area contributed by atoms with Gasteiger partial charge in [0.2, 0.25) is 12.4 Å². The molecule has 53 heavy (non-hydrogen) atoms. The second kappa shape index (κ2) is 17.5. The van der Waals surface area contributed by atoms with Crippen LogP contribution in [0.4, 0.5) is 0 Å². The Kier molecular flexibility index (Phi) is 11.9. The Morgan fingerprint density at radius 1 is 0.509 bits per heavy atom. The van der Waals surface area contributed by atoms with Crippen molar-refractivity contribution in [1.82, 2.24) is 0 Å². The number of benzene rings is 5. The van der Waals surface area contributed by atoms with Gasteiger partial charge in [-0.1, -0.05) is 90.1 Å². The smallest absolute Gasteiger partial charge is 0.338 e. The molecule has 1 heterocycles. The first-order valence-corrected chi connectivity index (χ1v) is 16.6. The molecular weight excluding hydrogens is 682 g/mol. The fraction of sp³-hybridized carbons (Fsp3) is 0.171. The van der Waals surface area contributed by atoms with E-state index in [2.05, 4.69) is 5.18 Å². The van der Waals surface area contributed by atoms with Gasteiger partial charge in [-0.25, -0.2) is 19.2 Å². The molecule has 12 heteroatoms. The molecule has 12 nitrogen and oxygen atoms in total. The van der Waals surface area contributed by atoms with E-state index in [1.807, 2.05) is 0 Å². The quantitative estimate of drug-likeness (QED) is 0.0737. The minimum atomic E-state index is -1.57. The molecule has 1 aliphatic rings. The molecule has 6 rings (SSSR count). The summed E-state index contributed by atoms with van der Waals surface area (Å²) in [6, 6.07) is 38.8. The van der Waals surface area contributed by atoms with Crippen molar-refractivity contribution in [1.29, 1.82) is 0 Å². The molecule has 0 spiro atoms. The molecule has 0 N–H and O–H groups in total. The van der Waals surface area contributed by atoms with Crippen LogP contribution in [-0.2, 0) is 30.2 Å². The summed E-state index contributed by atoms with van der Waals surface area (Å²) >= 11 is 0. The van der Waals surface area contributed by atoms with E-state index in [1.54, 1.807) is 109 Å². The van der Waals surface area contributed by atoms with Crippen molar-refractivity contribution < 1.29 is 47.6 Å². The average molecular weight is 716 g/mol. The third-order valence-corrected chi connectivity index (χ3v) is 8.16. The SMILES string of the molecule is O=NCc1ccc(O[C@@H]2O[C@H](COC(=O)c3ccccc3)[C@@H](OC(=O)c3ccccc3)[C@@H](OC(=O)c3ccccc3)[C@H]2OC(=O)c2ccccc2)cc1. The van der Waals surface area contributed by atoms with Crippen molar-refractivity contribution in [2.24, 2.45) is 5.18 Å². The second-order valence-corrected chi connectivity index (χ2v) is 11.8. The summed E-state index contributed by atoms with van der Waals surface area (Å²) in [4.78, 5) is 64.9. The Morgan fingerprint density at radius 3 is 1.38 bits per heavy atom. The zero-order valence-electron chi connectivity index (χ0n) is 28.1.